The van der Waals surface area contributed by atoms with Crippen LogP contribution in [0, 0.1) is 3.57 Å². The molecule has 1 aromatic heterocycles. The van der Waals surface area contributed by atoms with Crippen molar-refractivity contribution in [1.82, 2.24) is 9.55 Å². The van der Waals surface area contributed by atoms with Gasteiger partial charge in [0.25, 0.3) is 5.56 Å². The highest BCUT2D eigenvalue weighted by atomic mass is 127. The van der Waals surface area contributed by atoms with E-state index < -0.39 is 42.4 Å². The van der Waals surface area contributed by atoms with E-state index in [1.165, 1.54) is 13.3 Å². The SMILES string of the molecule is CO[C@H]1C(O)[C@@H](CO)O[C@H]1n1cc(I)c(=O)[nH]c1=O. The van der Waals surface area contributed by atoms with Crippen molar-refractivity contribution in [2.24, 2.45) is 0 Å². The molecule has 4 atom stereocenters. The lowest BCUT2D eigenvalue weighted by molar-refractivity contribution is -0.0626. The molecule has 9 heteroatoms. The number of halogens is 1. The Balaban J connectivity index is 2.44. The molecule has 2 heterocycles. The van der Waals surface area contributed by atoms with Gasteiger partial charge in [0.2, 0.25) is 0 Å². The van der Waals surface area contributed by atoms with Gasteiger partial charge >= 0.3 is 5.69 Å². The highest BCUT2D eigenvalue weighted by molar-refractivity contribution is 14.1. The van der Waals surface area contributed by atoms with Gasteiger partial charge in [0.15, 0.2) is 6.23 Å². The van der Waals surface area contributed by atoms with Crippen molar-refractivity contribution in [2.75, 3.05) is 13.7 Å². The molecule has 1 aromatic rings. The van der Waals surface area contributed by atoms with Crippen LogP contribution in [0.25, 0.3) is 0 Å². The molecule has 0 saturated carbocycles. The number of aromatic nitrogens is 2. The van der Waals surface area contributed by atoms with E-state index in [1.807, 2.05) is 0 Å². The highest BCUT2D eigenvalue weighted by Crippen LogP contribution is 2.30. The zero-order chi connectivity index (χ0) is 14.2. The zero-order valence-corrected chi connectivity index (χ0v) is 12.1. The topological polar surface area (TPSA) is 114 Å². The van der Waals surface area contributed by atoms with Crippen LogP contribution in [0.4, 0.5) is 0 Å². The fourth-order valence-electron chi connectivity index (χ4n) is 2.00. The molecule has 106 valence electrons. The number of aliphatic hydroxyl groups is 2. The fraction of sp³-hybridized carbons (Fsp3) is 0.600. The van der Waals surface area contributed by atoms with Gasteiger partial charge < -0.3 is 19.7 Å². The van der Waals surface area contributed by atoms with Crippen molar-refractivity contribution in [3.8, 4) is 0 Å². The Bertz CT molecular complexity index is 570. The average molecular weight is 384 g/mol. The molecule has 1 saturated heterocycles. The second-order valence-electron chi connectivity index (χ2n) is 4.08. The highest BCUT2D eigenvalue weighted by Gasteiger charge is 2.45. The lowest BCUT2D eigenvalue weighted by atomic mass is 10.1. The van der Waals surface area contributed by atoms with E-state index in [2.05, 4.69) is 4.98 Å². The van der Waals surface area contributed by atoms with E-state index in [1.54, 1.807) is 22.6 Å². The van der Waals surface area contributed by atoms with E-state index in [9.17, 15) is 14.7 Å². The van der Waals surface area contributed by atoms with Crippen LogP contribution in [-0.4, -0.2) is 51.8 Å². The molecule has 1 aliphatic rings. The summed E-state index contributed by atoms with van der Waals surface area (Å²) in [6.07, 6.45) is -2.29. The maximum atomic E-state index is 11.8. The van der Waals surface area contributed by atoms with E-state index >= 15 is 0 Å². The zero-order valence-electron chi connectivity index (χ0n) is 9.95. The summed E-state index contributed by atoms with van der Waals surface area (Å²) >= 11 is 1.78. The number of aliphatic hydroxyl groups excluding tert-OH is 2. The summed E-state index contributed by atoms with van der Waals surface area (Å²) in [4.78, 5) is 25.2. The van der Waals surface area contributed by atoms with Crippen molar-refractivity contribution >= 4 is 22.6 Å². The van der Waals surface area contributed by atoms with Gasteiger partial charge in [-0.25, -0.2) is 4.79 Å². The summed E-state index contributed by atoms with van der Waals surface area (Å²) in [5.74, 6) is 0. The van der Waals surface area contributed by atoms with Gasteiger partial charge in [-0.1, -0.05) is 0 Å². The molecule has 3 N–H and O–H groups in total. The number of hydrogen-bond donors (Lipinski definition) is 3. The quantitative estimate of drug-likeness (QED) is 0.542. The number of H-pyrrole nitrogens is 1. The number of hydrogen-bond acceptors (Lipinski definition) is 6. The van der Waals surface area contributed by atoms with Crippen LogP contribution in [-0.2, 0) is 9.47 Å². The van der Waals surface area contributed by atoms with E-state index in [0.29, 0.717) is 3.57 Å². The molecule has 1 aliphatic heterocycles. The van der Waals surface area contributed by atoms with E-state index in [4.69, 9.17) is 14.6 Å². The summed E-state index contributed by atoms with van der Waals surface area (Å²) in [5.41, 5.74) is -1.16. The number of nitrogens with zero attached hydrogens (tertiary/aromatic N) is 1. The summed E-state index contributed by atoms with van der Waals surface area (Å²) in [6.45, 7) is -0.396. The van der Waals surface area contributed by atoms with Crippen LogP contribution >= 0.6 is 22.6 Å². The molecule has 8 nitrogen and oxygen atoms in total. The lowest BCUT2D eigenvalue weighted by Gasteiger charge is -2.20. The van der Waals surface area contributed by atoms with Gasteiger partial charge in [0, 0.05) is 13.3 Å². The first-order valence-electron chi connectivity index (χ1n) is 5.47. The molecule has 2 rings (SSSR count). The summed E-state index contributed by atoms with van der Waals surface area (Å²) in [6, 6.07) is 0. The molecule has 0 spiro atoms. The predicted molar refractivity (Wildman–Crippen MR) is 71.8 cm³/mol. The Labute approximate surface area is 121 Å². The molecule has 0 aliphatic carbocycles. The molecule has 19 heavy (non-hydrogen) atoms. The Morgan fingerprint density at radius 3 is 2.84 bits per heavy atom. The third kappa shape index (κ3) is 2.60. The molecular weight excluding hydrogens is 371 g/mol. The number of ether oxygens (including phenoxy) is 2. The predicted octanol–water partition coefficient (Wildman–Crippen LogP) is -1.59. The Hall–Kier alpha value is -0.750. The van der Waals surface area contributed by atoms with Crippen molar-refractivity contribution < 1.29 is 19.7 Å². The summed E-state index contributed by atoms with van der Waals surface area (Å²) < 4.78 is 11.9. The molecule has 0 bridgehead atoms. The third-order valence-corrected chi connectivity index (χ3v) is 3.73. The lowest BCUT2D eigenvalue weighted by Crippen LogP contribution is -2.39. The maximum absolute atomic E-state index is 11.8. The van der Waals surface area contributed by atoms with Gasteiger partial charge in [-0.2, -0.15) is 0 Å². The minimum Gasteiger partial charge on any atom is -0.394 e. The number of aromatic amines is 1. The van der Waals surface area contributed by atoms with Crippen molar-refractivity contribution in [2.45, 2.75) is 24.5 Å². The fourth-order valence-corrected chi connectivity index (χ4v) is 2.43. The monoisotopic (exact) mass is 384 g/mol. The molecule has 0 amide bonds. The molecule has 1 fully saturated rings. The van der Waals surface area contributed by atoms with Crippen molar-refractivity contribution in [3.05, 3.63) is 30.6 Å². The van der Waals surface area contributed by atoms with Gasteiger partial charge in [0.05, 0.1) is 10.2 Å². The molecule has 1 unspecified atom stereocenters. The Morgan fingerprint density at radius 1 is 1.58 bits per heavy atom. The first kappa shape index (κ1) is 14.7. The van der Waals surface area contributed by atoms with Crippen molar-refractivity contribution in [1.29, 1.82) is 0 Å². The Kier molecular flexibility index (Phi) is 4.40. The first-order valence-corrected chi connectivity index (χ1v) is 6.55. The average Bonchev–Trinajstić information content (AvgIpc) is 2.70. The van der Waals surface area contributed by atoms with Crippen molar-refractivity contribution in [3.63, 3.8) is 0 Å². The van der Waals surface area contributed by atoms with Crippen LogP contribution in [0.15, 0.2) is 15.8 Å². The largest absolute Gasteiger partial charge is 0.394 e. The minimum atomic E-state index is -1.06. The second kappa shape index (κ2) is 5.71. The van der Waals surface area contributed by atoms with Gasteiger partial charge in [-0.15, -0.1) is 0 Å². The Morgan fingerprint density at radius 2 is 2.26 bits per heavy atom. The molecular formula is C10H13IN2O6. The smallest absolute Gasteiger partial charge is 0.330 e. The molecule has 0 aromatic carbocycles. The maximum Gasteiger partial charge on any atom is 0.330 e. The first-order chi connectivity index (χ1) is 8.99. The van der Waals surface area contributed by atoms with Gasteiger partial charge in [-0.05, 0) is 22.6 Å². The van der Waals surface area contributed by atoms with E-state index in [0.717, 1.165) is 4.57 Å². The number of methoxy groups -OCH3 is 1. The van der Waals surface area contributed by atoms with Crippen LogP contribution in [0.1, 0.15) is 6.23 Å². The number of nitrogens with one attached hydrogen (secondary N) is 1. The minimum absolute atomic E-state index is 0.303. The summed E-state index contributed by atoms with van der Waals surface area (Å²) in [7, 11) is 1.37. The normalized spacial score (nSPS) is 30.7. The third-order valence-electron chi connectivity index (χ3n) is 2.96. The van der Waals surface area contributed by atoms with Gasteiger partial charge in [0.1, 0.15) is 18.3 Å². The van der Waals surface area contributed by atoms with E-state index in [-0.39, 0.29) is 0 Å². The van der Waals surface area contributed by atoms with Crippen LogP contribution < -0.4 is 11.2 Å². The van der Waals surface area contributed by atoms with Crippen LogP contribution in [0.5, 0.6) is 0 Å². The summed E-state index contributed by atoms with van der Waals surface area (Å²) in [5, 5.41) is 19.0. The van der Waals surface area contributed by atoms with Crippen LogP contribution in [0.3, 0.4) is 0 Å². The standard InChI is InChI=1S/C10H13IN2O6/c1-18-7-6(15)5(3-14)19-9(7)13-2-4(11)8(16)12-10(13)17/h2,5-7,9,14-15H,3H2,1H3,(H,12,16,17)/t5-,6?,7+,9-/m1/s1. The van der Waals surface area contributed by atoms with Crippen LogP contribution in [0.2, 0.25) is 0 Å². The van der Waals surface area contributed by atoms with Gasteiger partial charge in [-0.3, -0.25) is 14.3 Å². The molecule has 0 radical (unpaired) electrons. The second-order valence-corrected chi connectivity index (χ2v) is 5.24. The number of rotatable bonds is 3.